The molecule has 0 fully saturated rings. The van der Waals surface area contributed by atoms with Gasteiger partial charge < -0.3 is 9.30 Å². The SMILES string of the molecule is CCn1c([C@H](C)Oc2ccccc2C)n[nH]c1=S. The largest absolute Gasteiger partial charge is 0.482 e. The van der Waals surface area contributed by atoms with E-state index in [4.69, 9.17) is 17.0 Å². The van der Waals surface area contributed by atoms with Gasteiger partial charge in [0.15, 0.2) is 16.7 Å². The van der Waals surface area contributed by atoms with Crippen molar-refractivity contribution in [3.63, 3.8) is 0 Å². The van der Waals surface area contributed by atoms with Gasteiger partial charge in [0.05, 0.1) is 0 Å². The molecule has 2 rings (SSSR count). The first kappa shape index (κ1) is 12.8. The summed E-state index contributed by atoms with van der Waals surface area (Å²) >= 11 is 5.17. The highest BCUT2D eigenvalue weighted by Gasteiger charge is 2.15. The molecule has 0 amide bonds. The lowest BCUT2D eigenvalue weighted by Crippen LogP contribution is -2.11. The zero-order valence-corrected chi connectivity index (χ0v) is 11.6. The minimum Gasteiger partial charge on any atom is -0.482 e. The number of rotatable bonds is 4. The number of H-pyrrole nitrogens is 1. The summed E-state index contributed by atoms with van der Waals surface area (Å²) < 4.78 is 8.51. The first-order valence-electron chi connectivity index (χ1n) is 6.01. The number of benzene rings is 1. The number of aromatic amines is 1. The summed E-state index contributed by atoms with van der Waals surface area (Å²) in [7, 11) is 0. The highest BCUT2D eigenvalue weighted by molar-refractivity contribution is 7.71. The molecule has 0 saturated heterocycles. The summed E-state index contributed by atoms with van der Waals surface area (Å²) in [6.45, 7) is 6.82. The number of ether oxygens (including phenoxy) is 1. The minimum absolute atomic E-state index is 0.140. The van der Waals surface area contributed by atoms with E-state index in [0.717, 1.165) is 23.7 Å². The highest BCUT2D eigenvalue weighted by atomic mass is 32.1. The minimum atomic E-state index is -0.140. The molecule has 0 unspecified atom stereocenters. The Balaban J connectivity index is 2.25. The molecule has 0 aliphatic rings. The Bertz CT molecular complexity index is 588. The maximum atomic E-state index is 5.94. The maximum absolute atomic E-state index is 5.94. The van der Waals surface area contributed by atoms with Crippen LogP contribution in [-0.2, 0) is 6.54 Å². The monoisotopic (exact) mass is 263 g/mol. The average molecular weight is 263 g/mol. The lowest BCUT2D eigenvalue weighted by atomic mass is 10.2. The third-order valence-electron chi connectivity index (χ3n) is 2.86. The van der Waals surface area contributed by atoms with Crippen LogP contribution >= 0.6 is 12.2 Å². The van der Waals surface area contributed by atoms with Crippen molar-refractivity contribution < 1.29 is 4.74 Å². The van der Waals surface area contributed by atoms with Gasteiger partial charge in [0.1, 0.15) is 5.75 Å². The molecule has 1 aromatic heterocycles. The molecular weight excluding hydrogens is 246 g/mol. The van der Waals surface area contributed by atoms with Crippen molar-refractivity contribution in [1.29, 1.82) is 0 Å². The number of hydrogen-bond donors (Lipinski definition) is 1. The molecule has 1 atom stereocenters. The maximum Gasteiger partial charge on any atom is 0.195 e. The van der Waals surface area contributed by atoms with Crippen molar-refractivity contribution in [2.45, 2.75) is 33.4 Å². The van der Waals surface area contributed by atoms with E-state index >= 15 is 0 Å². The second-order valence-corrected chi connectivity index (χ2v) is 4.54. The van der Waals surface area contributed by atoms with E-state index in [-0.39, 0.29) is 6.10 Å². The molecule has 96 valence electrons. The number of nitrogens with one attached hydrogen (secondary N) is 1. The summed E-state index contributed by atoms with van der Waals surface area (Å²) in [4.78, 5) is 0. The number of hydrogen-bond acceptors (Lipinski definition) is 3. The molecule has 1 aromatic carbocycles. The van der Waals surface area contributed by atoms with Gasteiger partial charge in [-0.15, -0.1) is 0 Å². The molecule has 1 N–H and O–H groups in total. The topological polar surface area (TPSA) is 42.8 Å². The van der Waals surface area contributed by atoms with Crippen LogP contribution in [0.5, 0.6) is 5.75 Å². The lowest BCUT2D eigenvalue weighted by molar-refractivity contribution is 0.209. The number of nitrogens with zero attached hydrogens (tertiary/aromatic N) is 2. The van der Waals surface area contributed by atoms with Crippen LogP contribution in [0.2, 0.25) is 0 Å². The standard InChI is InChI=1S/C13H17N3OS/c1-4-16-12(14-15-13(16)18)10(3)17-11-8-6-5-7-9(11)2/h5-8,10H,4H2,1-3H3,(H,15,18)/t10-/m0/s1. The quantitative estimate of drug-likeness (QED) is 0.860. The van der Waals surface area contributed by atoms with Gasteiger partial charge in [0.2, 0.25) is 0 Å². The van der Waals surface area contributed by atoms with Crippen LogP contribution in [0.3, 0.4) is 0 Å². The summed E-state index contributed by atoms with van der Waals surface area (Å²) in [6, 6.07) is 7.95. The normalized spacial score (nSPS) is 12.4. The molecule has 18 heavy (non-hydrogen) atoms. The van der Waals surface area contributed by atoms with Crippen molar-refractivity contribution in [3.8, 4) is 5.75 Å². The summed E-state index contributed by atoms with van der Waals surface area (Å²) in [5, 5.41) is 7.04. The second-order valence-electron chi connectivity index (χ2n) is 4.16. The molecule has 0 aliphatic carbocycles. The molecule has 1 heterocycles. The van der Waals surface area contributed by atoms with Gasteiger partial charge in [-0.2, -0.15) is 5.10 Å². The Labute approximate surface area is 112 Å². The lowest BCUT2D eigenvalue weighted by Gasteiger charge is -2.16. The fourth-order valence-electron chi connectivity index (χ4n) is 1.88. The van der Waals surface area contributed by atoms with E-state index < -0.39 is 0 Å². The Morgan fingerprint density at radius 2 is 2.17 bits per heavy atom. The van der Waals surface area contributed by atoms with Crippen LogP contribution in [-0.4, -0.2) is 14.8 Å². The average Bonchev–Trinajstić information content (AvgIpc) is 2.73. The molecule has 0 spiro atoms. The van der Waals surface area contributed by atoms with Gasteiger partial charge in [-0.05, 0) is 44.6 Å². The van der Waals surface area contributed by atoms with Crippen LogP contribution in [0, 0.1) is 11.7 Å². The van der Waals surface area contributed by atoms with Crippen molar-refractivity contribution in [3.05, 3.63) is 40.4 Å². The smallest absolute Gasteiger partial charge is 0.195 e. The molecule has 4 nitrogen and oxygen atoms in total. The van der Waals surface area contributed by atoms with Gasteiger partial charge >= 0.3 is 0 Å². The van der Waals surface area contributed by atoms with E-state index in [2.05, 4.69) is 10.2 Å². The van der Waals surface area contributed by atoms with Crippen molar-refractivity contribution >= 4 is 12.2 Å². The Kier molecular flexibility index (Phi) is 3.81. The number of para-hydroxylation sites is 1. The van der Waals surface area contributed by atoms with Crippen LogP contribution in [0.25, 0.3) is 0 Å². The summed E-state index contributed by atoms with van der Waals surface area (Å²) in [5.41, 5.74) is 1.11. The van der Waals surface area contributed by atoms with Gasteiger partial charge in [0, 0.05) is 6.54 Å². The van der Waals surface area contributed by atoms with Gasteiger partial charge in [-0.1, -0.05) is 18.2 Å². The zero-order valence-electron chi connectivity index (χ0n) is 10.8. The van der Waals surface area contributed by atoms with E-state index in [1.54, 1.807) is 0 Å². The zero-order chi connectivity index (χ0) is 13.1. The molecule has 0 bridgehead atoms. The van der Waals surface area contributed by atoms with Crippen molar-refractivity contribution in [1.82, 2.24) is 14.8 Å². The molecule has 5 heteroatoms. The van der Waals surface area contributed by atoms with Gasteiger partial charge in [-0.25, -0.2) is 0 Å². The second kappa shape index (κ2) is 5.35. The predicted octanol–water partition coefficient (Wildman–Crippen LogP) is 3.41. The van der Waals surface area contributed by atoms with E-state index in [0.29, 0.717) is 4.77 Å². The molecule has 0 aliphatic heterocycles. The van der Waals surface area contributed by atoms with Gasteiger partial charge in [-0.3, -0.25) is 5.10 Å². The first-order chi connectivity index (χ1) is 8.63. The Hall–Kier alpha value is -1.62. The molecule has 0 radical (unpaired) electrons. The Morgan fingerprint density at radius 1 is 1.44 bits per heavy atom. The fraction of sp³-hybridized carbons (Fsp3) is 0.385. The summed E-state index contributed by atoms with van der Waals surface area (Å²) in [6.07, 6.45) is -0.140. The molecular formula is C13H17N3OS. The third kappa shape index (κ3) is 2.46. The van der Waals surface area contributed by atoms with Crippen LogP contribution in [0.4, 0.5) is 0 Å². The predicted molar refractivity (Wildman–Crippen MR) is 73.3 cm³/mol. The fourth-order valence-corrected chi connectivity index (χ4v) is 2.15. The third-order valence-corrected chi connectivity index (χ3v) is 3.18. The first-order valence-corrected chi connectivity index (χ1v) is 6.41. The van der Waals surface area contributed by atoms with Gasteiger partial charge in [0.25, 0.3) is 0 Å². The van der Waals surface area contributed by atoms with Crippen molar-refractivity contribution in [2.75, 3.05) is 0 Å². The molecule has 2 aromatic rings. The summed E-state index contributed by atoms with van der Waals surface area (Å²) in [5.74, 6) is 1.70. The van der Waals surface area contributed by atoms with E-state index in [1.807, 2.05) is 49.6 Å². The highest BCUT2D eigenvalue weighted by Crippen LogP contribution is 2.23. The van der Waals surface area contributed by atoms with Crippen LogP contribution < -0.4 is 4.74 Å². The van der Waals surface area contributed by atoms with E-state index in [9.17, 15) is 0 Å². The van der Waals surface area contributed by atoms with Crippen molar-refractivity contribution in [2.24, 2.45) is 0 Å². The number of aryl methyl sites for hydroxylation is 1. The Morgan fingerprint density at radius 3 is 2.83 bits per heavy atom. The number of aromatic nitrogens is 3. The van der Waals surface area contributed by atoms with E-state index in [1.165, 1.54) is 0 Å². The van der Waals surface area contributed by atoms with Crippen LogP contribution in [0.15, 0.2) is 24.3 Å². The molecule has 0 saturated carbocycles. The van der Waals surface area contributed by atoms with Crippen LogP contribution in [0.1, 0.15) is 31.3 Å².